The van der Waals surface area contributed by atoms with E-state index in [1.807, 2.05) is 30.9 Å². The third kappa shape index (κ3) is 5.57. The average Bonchev–Trinajstić information content (AvgIpc) is 3.30. The first-order valence-corrected chi connectivity index (χ1v) is 12.8. The fourth-order valence-corrected chi connectivity index (χ4v) is 5.34. The zero-order valence-corrected chi connectivity index (χ0v) is 21.4. The van der Waals surface area contributed by atoms with E-state index in [-0.39, 0.29) is 30.4 Å². The smallest absolute Gasteiger partial charge is 0.254 e. The van der Waals surface area contributed by atoms with E-state index < -0.39 is 0 Å². The number of carbonyl (C=O) groups is 2. The standard InChI is InChI=1S/C26H26Cl2N2O3S/c1-17(2)30(26(32)18-4-3-5-20(28)14-18)15-25(31)29-12-10-24-22(11-13-34-24)23(29)16-33-21-8-6-19(27)7-9-21/h3-9,11,13-14,17,23H,10,12,15-16H2,1-2H3. The summed E-state index contributed by atoms with van der Waals surface area (Å²) in [7, 11) is 0. The highest BCUT2D eigenvalue weighted by Gasteiger charge is 2.34. The molecule has 8 heteroatoms. The Morgan fingerprint density at radius 2 is 1.88 bits per heavy atom. The van der Waals surface area contributed by atoms with Crippen LogP contribution in [-0.2, 0) is 11.2 Å². The minimum atomic E-state index is -0.228. The van der Waals surface area contributed by atoms with Crippen LogP contribution in [0.25, 0.3) is 0 Å². The van der Waals surface area contributed by atoms with E-state index in [0.29, 0.717) is 34.5 Å². The van der Waals surface area contributed by atoms with Crippen LogP contribution in [-0.4, -0.2) is 47.4 Å². The van der Waals surface area contributed by atoms with Crippen LogP contribution in [0.4, 0.5) is 0 Å². The van der Waals surface area contributed by atoms with Gasteiger partial charge in [-0.3, -0.25) is 9.59 Å². The largest absolute Gasteiger partial charge is 0.491 e. The molecule has 0 aliphatic carbocycles. The lowest BCUT2D eigenvalue weighted by Crippen LogP contribution is -2.49. The first-order valence-electron chi connectivity index (χ1n) is 11.1. The molecule has 0 spiro atoms. The molecule has 0 saturated carbocycles. The van der Waals surface area contributed by atoms with Crippen LogP contribution in [0.1, 0.15) is 40.7 Å². The van der Waals surface area contributed by atoms with Gasteiger partial charge in [-0.1, -0.05) is 29.3 Å². The minimum absolute atomic E-state index is 0.0140. The molecular weight excluding hydrogens is 491 g/mol. The number of benzene rings is 2. The summed E-state index contributed by atoms with van der Waals surface area (Å²) in [6.07, 6.45) is 0.792. The Balaban J connectivity index is 1.53. The van der Waals surface area contributed by atoms with Gasteiger partial charge in [0.05, 0.1) is 6.04 Å². The lowest BCUT2D eigenvalue weighted by atomic mass is 10.00. The van der Waals surface area contributed by atoms with Gasteiger partial charge in [-0.05, 0) is 79.7 Å². The van der Waals surface area contributed by atoms with Crippen LogP contribution in [0.5, 0.6) is 5.75 Å². The number of hydrogen-bond donors (Lipinski definition) is 0. The van der Waals surface area contributed by atoms with Gasteiger partial charge in [0.25, 0.3) is 5.91 Å². The van der Waals surface area contributed by atoms with E-state index in [4.69, 9.17) is 27.9 Å². The molecule has 178 valence electrons. The Labute approximate surface area is 213 Å². The molecule has 2 aromatic carbocycles. The van der Waals surface area contributed by atoms with E-state index in [0.717, 1.165) is 12.0 Å². The summed E-state index contributed by atoms with van der Waals surface area (Å²) in [5.41, 5.74) is 1.58. The average molecular weight is 517 g/mol. The molecule has 1 aliphatic rings. The van der Waals surface area contributed by atoms with E-state index in [1.165, 1.54) is 4.88 Å². The van der Waals surface area contributed by atoms with Crippen molar-refractivity contribution in [2.75, 3.05) is 19.7 Å². The summed E-state index contributed by atoms with van der Waals surface area (Å²) in [5, 5.41) is 3.18. The van der Waals surface area contributed by atoms with Crippen molar-refractivity contribution in [3.8, 4) is 5.75 Å². The highest BCUT2D eigenvalue weighted by atomic mass is 35.5. The van der Waals surface area contributed by atoms with Gasteiger partial charge in [-0.25, -0.2) is 0 Å². The number of fused-ring (bicyclic) bond motifs is 1. The van der Waals surface area contributed by atoms with Crippen LogP contribution in [0.2, 0.25) is 10.0 Å². The van der Waals surface area contributed by atoms with Crippen molar-refractivity contribution < 1.29 is 14.3 Å². The van der Waals surface area contributed by atoms with Gasteiger partial charge < -0.3 is 14.5 Å². The van der Waals surface area contributed by atoms with Crippen LogP contribution >= 0.6 is 34.5 Å². The highest BCUT2D eigenvalue weighted by Crippen LogP contribution is 2.34. The molecule has 2 amide bonds. The molecule has 1 aliphatic heterocycles. The lowest BCUT2D eigenvalue weighted by molar-refractivity contribution is -0.136. The fourth-order valence-electron chi connectivity index (χ4n) is 4.09. The van der Waals surface area contributed by atoms with Crippen molar-refractivity contribution in [3.63, 3.8) is 0 Å². The van der Waals surface area contributed by atoms with Crippen LogP contribution in [0.15, 0.2) is 60.0 Å². The summed E-state index contributed by atoms with van der Waals surface area (Å²) in [4.78, 5) is 31.4. The Kier molecular flexibility index (Phi) is 7.81. The zero-order valence-electron chi connectivity index (χ0n) is 19.0. The number of carbonyl (C=O) groups excluding carboxylic acids is 2. The van der Waals surface area contributed by atoms with Gasteiger partial charge in [0, 0.05) is 33.1 Å². The van der Waals surface area contributed by atoms with E-state index in [2.05, 4.69) is 11.4 Å². The molecule has 34 heavy (non-hydrogen) atoms. The van der Waals surface area contributed by atoms with Crippen molar-refractivity contribution in [3.05, 3.63) is 86.0 Å². The van der Waals surface area contributed by atoms with Crippen molar-refractivity contribution in [2.24, 2.45) is 0 Å². The minimum Gasteiger partial charge on any atom is -0.491 e. The summed E-state index contributed by atoms with van der Waals surface area (Å²) >= 11 is 13.8. The lowest BCUT2D eigenvalue weighted by Gasteiger charge is -2.37. The third-order valence-electron chi connectivity index (χ3n) is 5.90. The van der Waals surface area contributed by atoms with Gasteiger partial charge in [0.2, 0.25) is 5.91 Å². The Hall–Kier alpha value is -2.54. The topological polar surface area (TPSA) is 49.9 Å². The van der Waals surface area contributed by atoms with Gasteiger partial charge >= 0.3 is 0 Å². The van der Waals surface area contributed by atoms with Crippen molar-refractivity contribution in [1.29, 1.82) is 0 Å². The van der Waals surface area contributed by atoms with E-state index in [1.54, 1.807) is 52.6 Å². The maximum Gasteiger partial charge on any atom is 0.254 e. The second-order valence-electron chi connectivity index (χ2n) is 8.45. The molecule has 1 unspecified atom stereocenters. The molecule has 1 aromatic heterocycles. The summed E-state index contributed by atoms with van der Waals surface area (Å²) in [6.45, 7) is 4.70. The predicted octanol–water partition coefficient (Wildman–Crippen LogP) is 6.11. The predicted molar refractivity (Wildman–Crippen MR) is 137 cm³/mol. The molecule has 0 radical (unpaired) electrons. The first kappa shape index (κ1) is 24.6. The normalized spacial score (nSPS) is 15.2. The molecule has 0 bridgehead atoms. The Bertz CT molecular complexity index is 1160. The van der Waals surface area contributed by atoms with Crippen LogP contribution in [0.3, 0.4) is 0 Å². The summed E-state index contributed by atoms with van der Waals surface area (Å²) in [6, 6.07) is 15.7. The van der Waals surface area contributed by atoms with Crippen molar-refractivity contribution >= 4 is 46.4 Å². The van der Waals surface area contributed by atoms with E-state index >= 15 is 0 Å². The number of ether oxygens (including phenoxy) is 1. The summed E-state index contributed by atoms with van der Waals surface area (Å²) in [5.74, 6) is 0.373. The SMILES string of the molecule is CC(C)N(CC(=O)N1CCc2sccc2C1COc1ccc(Cl)cc1)C(=O)c1cccc(Cl)c1. The molecule has 0 fully saturated rings. The monoisotopic (exact) mass is 516 g/mol. The van der Waals surface area contributed by atoms with Gasteiger partial charge in [-0.15, -0.1) is 11.3 Å². The molecule has 3 aromatic rings. The molecule has 5 nitrogen and oxygen atoms in total. The maximum atomic E-state index is 13.6. The third-order valence-corrected chi connectivity index (χ3v) is 7.38. The molecule has 0 N–H and O–H groups in total. The number of halogens is 2. The second kappa shape index (κ2) is 10.8. The Morgan fingerprint density at radius 1 is 1.12 bits per heavy atom. The summed E-state index contributed by atoms with van der Waals surface area (Å²) < 4.78 is 6.05. The molecule has 0 saturated heterocycles. The van der Waals surface area contributed by atoms with Gasteiger partial charge in [0.15, 0.2) is 0 Å². The fraction of sp³-hybridized carbons (Fsp3) is 0.308. The second-order valence-corrected chi connectivity index (χ2v) is 10.3. The molecule has 2 heterocycles. The van der Waals surface area contributed by atoms with Crippen LogP contribution < -0.4 is 4.74 Å². The first-order chi connectivity index (χ1) is 16.3. The van der Waals surface area contributed by atoms with Crippen molar-refractivity contribution in [2.45, 2.75) is 32.4 Å². The van der Waals surface area contributed by atoms with Crippen molar-refractivity contribution in [1.82, 2.24) is 9.80 Å². The number of hydrogen-bond acceptors (Lipinski definition) is 4. The number of amides is 2. The highest BCUT2D eigenvalue weighted by molar-refractivity contribution is 7.10. The van der Waals surface area contributed by atoms with E-state index in [9.17, 15) is 9.59 Å². The quantitative estimate of drug-likeness (QED) is 0.380. The molecular formula is C26H26Cl2N2O3S. The number of thiophene rings is 1. The maximum absolute atomic E-state index is 13.6. The molecule has 4 rings (SSSR count). The van der Waals surface area contributed by atoms with Gasteiger partial charge in [-0.2, -0.15) is 0 Å². The number of nitrogens with zero attached hydrogens (tertiary/aromatic N) is 2. The number of rotatable bonds is 7. The van der Waals surface area contributed by atoms with Gasteiger partial charge in [0.1, 0.15) is 18.9 Å². The van der Waals surface area contributed by atoms with Crippen LogP contribution in [0, 0.1) is 0 Å². The zero-order chi connectivity index (χ0) is 24.2. The Morgan fingerprint density at radius 3 is 2.59 bits per heavy atom. The molecule has 1 atom stereocenters.